The Balaban J connectivity index is 1.60. The number of ether oxygens (including phenoxy) is 2. The summed E-state index contributed by atoms with van der Waals surface area (Å²) in [7, 11) is -2.81. The van der Waals surface area contributed by atoms with E-state index in [1.807, 2.05) is 54.6 Å². The fraction of sp³-hybridized carbons (Fsp3) is 0.357. The van der Waals surface area contributed by atoms with Crippen molar-refractivity contribution in [2.45, 2.75) is 55.7 Å². The van der Waals surface area contributed by atoms with Gasteiger partial charge >= 0.3 is 0 Å². The molecule has 3 aromatic carbocycles. The van der Waals surface area contributed by atoms with E-state index < -0.39 is 38.2 Å². The Kier molecular flexibility index (Phi) is 8.05. The van der Waals surface area contributed by atoms with Gasteiger partial charge in [0.1, 0.15) is 29.5 Å². The molecule has 1 aliphatic heterocycles. The summed E-state index contributed by atoms with van der Waals surface area (Å²) in [6.07, 6.45) is -3.95. The predicted octanol–water partition coefficient (Wildman–Crippen LogP) is 3.39. The molecular weight excluding hydrogens is 476 g/mol. The molecule has 1 heterocycles. The Morgan fingerprint density at radius 2 is 1.29 bits per heavy atom. The van der Waals surface area contributed by atoms with E-state index in [2.05, 4.69) is 57.7 Å². The van der Waals surface area contributed by atoms with Gasteiger partial charge in [0, 0.05) is 0 Å². The second-order valence-electron chi connectivity index (χ2n) is 9.92. The fourth-order valence-electron chi connectivity index (χ4n) is 4.81. The highest BCUT2D eigenvalue weighted by Gasteiger charge is 2.52. The van der Waals surface area contributed by atoms with Crippen molar-refractivity contribution in [2.75, 3.05) is 6.61 Å². The molecule has 0 aliphatic carbocycles. The SMILES string of the molecule is CC(C)(C)[Si](OC[C@H]1O[C@@H](S)[C@H](Oc2ccccc2)[C@@H](O)[C@@H]1O)(c1ccccc1)c1ccccc1. The number of hydrogen-bond acceptors (Lipinski definition) is 6. The summed E-state index contributed by atoms with van der Waals surface area (Å²) in [4.78, 5) is 0. The lowest BCUT2D eigenvalue weighted by Crippen LogP contribution is -2.68. The van der Waals surface area contributed by atoms with Crippen LogP contribution < -0.4 is 15.1 Å². The number of benzene rings is 3. The molecule has 0 spiro atoms. The van der Waals surface area contributed by atoms with Gasteiger partial charge in [-0.15, -0.1) is 12.6 Å². The maximum Gasteiger partial charge on any atom is 0.261 e. The van der Waals surface area contributed by atoms with Crippen molar-refractivity contribution in [2.24, 2.45) is 0 Å². The highest BCUT2D eigenvalue weighted by molar-refractivity contribution is 7.80. The predicted molar refractivity (Wildman–Crippen MR) is 144 cm³/mol. The van der Waals surface area contributed by atoms with Crippen LogP contribution >= 0.6 is 12.6 Å². The first-order chi connectivity index (χ1) is 16.7. The average Bonchev–Trinajstić information content (AvgIpc) is 2.86. The Morgan fingerprint density at radius 3 is 1.77 bits per heavy atom. The van der Waals surface area contributed by atoms with Crippen molar-refractivity contribution in [1.82, 2.24) is 0 Å². The molecule has 0 aromatic heterocycles. The van der Waals surface area contributed by atoms with Crippen LogP contribution in [-0.4, -0.2) is 55.0 Å². The van der Waals surface area contributed by atoms with Crippen molar-refractivity contribution in [1.29, 1.82) is 0 Å². The number of aliphatic hydroxyl groups is 2. The topological polar surface area (TPSA) is 68.2 Å². The molecule has 5 atom stereocenters. The van der Waals surface area contributed by atoms with E-state index in [0.29, 0.717) is 5.75 Å². The second-order valence-corrected chi connectivity index (χ2v) is 14.7. The maximum atomic E-state index is 11.0. The minimum absolute atomic E-state index is 0.112. The number of para-hydroxylation sites is 1. The van der Waals surface area contributed by atoms with Gasteiger partial charge in [0.25, 0.3) is 8.32 Å². The Bertz CT molecular complexity index is 1020. The zero-order valence-corrected chi connectivity index (χ0v) is 22.2. The average molecular weight is 511 g/mol. The van der Waals surface area contributed by atoms with Crippen molar-refractivity contribution in [3.8, 4) is 5.75 Å². The van der Waals surface area contributed by atoms with Crippen molar-refractivity contribution in [3.05, 3.63) is 91.0 Å². The molecule has 186 valence electrons. The van der Waals surface area contributed by atoms with E-state index in [4.69, 9.17) is 13.9 Å². The van der Waals surface area contributed by atoms with Gasteiger partial charge in [-0.05, 0) is 27.5 Å². The number of hydrogen-bond donors (Lipinski definition) is 3. The second kappa shape index (κ2) is 10.9. The molecule has 2 N–H and O–H groups in total. The Morgan fingerprint density at radius 1 is 0.800 bits per heavy atom. The van der Waals surface area contributed by atoms with Crippen LogP contribution in [0.2, 0.25) is 5.04 Å². The van der Waals surface area contributed by atoms with E-state index in [1.54, 1.807) is 12.1 Å². The summed E-state index contributed by atoms with van der Waals surface area (Å²) < 4.78 is 18.8. The van der Waals surface area contributed by atoms with E-state index in [9.17, 15) is 10.2 Å². The minimum atomic E-state index is -2.81. The van der Waals surface area contributed by atoms with Gasteiger partial charge < -0.3 is 24.1 Å². The van der Waals surface area contributed by atoms with E-state index in [-0.39, 0.29) is 11.6 Å². The molecule has 4 rings (SSSR count). The van der Waals surface area contributed by atoms with E-state index >= 15 is 0 Å². The summed E-state index contributed by atoms with van der Waals surface area (Å²) in [5.74, 6) is 0.577. The van der Waals surface area contributed by atoms with Gasteiger partial charge in [0.2, 0.25) is 0 Å². The van der Waals surface area contributed by atoms with Crippen molar-refractivity contribution < 1.29 is 24.1 Å². The smallest absolute Gasteiger partial charge is 0.261 e. The third kappa shape index (κ3) is 5.35. The standard InChI is InChI=1S/C28H34O5SSi/c1-28(2,3)35(21-15-9-5-10-16-21,22-17-11-6-12-18-22)31-19-23-24(29)25(30)26(27(34)33-23)32-20-13-7-4-8-14-20/h4-18,23-27,29-30,34H,19H2,1-3H3/t23-,24-,25+,26-,27+/m1/s1. The van der Waals surface area contributed by atoms with Crippen LogP contribution in [0.4, 0.5) is 0 Å². The summed E-state index contributed by atoms with van der Waals surface area (Å²) >= 11 is 4.55. The molecule has 7 heteroatoms. The molecule has 0 saturated carbocycles. The summed E-state index contributed by atoms with van der Waals surface area (Å²) in [6.45, 7) is 6.69. The molecule has 0 amide bonds. The zero-order valence-electron chi connectivity index (χ0n) is 20.3. The van der Waals surface area contributed by atoms with Crippen LogP contribution in [0, 0.1) is 0 Å². The highest BCUT2D eigenvalue weighted by atomic mass is 32.1. The van der Waals surface area contributed by atoms with Gasteiger partial charge in [-0.3, -0.25) is 0 Å². The summed E-state index contributed by atoms with van der Waals surface area (Å²) in [5, 5.41) is 24.0. The lowest BCUT2D eigenvalue weighted by Gasteiger charge is -2.46. The van der Waals surface area contributed by atoms with E-state index in [0.717, 1.165) is 10.4 Å². The zero-order chi connectivity index (χ0) is 25.1. The fourth-order valence-corrected chi connectivity index (χ4v) is 9.77. The largest absolute Gasteiger partial charge is 0.484 e. The third-order valence-electron chi connectivity index (χ3n) is 6.56. The molecule has 35 heavy (non-hydrogen) atoms. The van der Waals surface area contributed by atoms with Crippen molar-refractivity contribution >= 4 is 31.3 Å². The van der Waals surface area contributed by atoms with E-state index in [1.165, 1.54) is 0 Å². The first-order valence-corrected chi connectivity index (χ1v) is 14.3. The normalized spacial score (nSPS) is 25.3. The first kappa shape index (κ1) is 25.9. The Labute approximate surface area is 214 Å². The molecule has 1 aliphatic rings. The van der Waals surface area contributed by atoms with Gasteiger partial charge in [-0.25, -0.2) is 0 Å². The lowest BCUT2D eigenvalue weighted by molar-refractivity contribution is -0.197. The number of thiol groups is 1. The molecule has 0 bridgehead atoms. The van der Waals surface area contributed by atoms with Crippen LogP contribution in [0.3, 0.4) is 0 Å². The molecule has 0 unspecified atom stereocenters. The van der Waals surface area contributed by atoms with Gasteiger partial charge in [-0.2, -0.15) is 0 Å². The maximum absolute atomic E-state index is 11.0. The van der Waals surface area contributed by atoms with Crippen LogP contribution in [0.1, 0.15) is 20.8 Å². The highest BCUT2D eigenvalue weighted by Crippen LogP contribution is 2.37. The van der Waals surface area contributed by atoms with Gasteiger partial charge in [0.05, 0.1) is 6.61 Å². The van der Waals surface area contributed by atoms with Crippen molar-refractivity contribution in [3.63, 3.8) is 0 Å². The monoisotopic (exact) mass is 510 g/mol. The van der Waals surface area contributed by atoms with Crippen LogP contribution in [0.15, 0.2) is 91.0 Å². The lowest BCUT2D eigenvalue weighted by atomic mass is 10.00. The summed E-state index contributed by atoms with van der Waals surface area (Å²) in [6, 6.07) is 29.7. The molecule has 1 saturated heterocycles. The number of aliphatic hydroxyl groups excluding tert-OH is 2. The molecule has 3 aromatic rings. The molecular formula is C28H34O5SSi. The van der Waals surface area contributed by atoms with Crippen LogP contribution in [0.5, 0.6) is 5.75 Å². The quantitative estimate of drug-likeness (QED) is 0.336. The summed E-state index contributed by atoms with van der Waals surface area (Å²) in [5.41, 5.74) is -0.735. The third-order valence-corrected chi connectivity index (χ3v) is 12.0. The molecule has 0 radical (unpaired) electrons. The van der Waals surface area contributed by atoms with Gasteiger partial charge in [0.15, 0.2) is 6.10 Å². The Hall–Kier alpha value is -2.13. The number of rotatable bonds is 7. The molecule has 1 fully saturated rings. The van der Waals surface area contributed by atoms with Crippen LogP contribution in [-0.2, 0) is 9.16 Å². The first-order valence-electron chi connectivity index (χ1n) is 11.9. The van der Waals surface area contributed by atoms with Crippen LogP contribution in [0.25, 0.3) is 0 Å². The van der Waals surface area contributed by atoms with Gasteiger partial charge in [-0.1, -0.05) is 99.6 Å². The molecule has 5 nitrogen and oxygen atoms in total. The minimum Gasteiger partial charge on any atom is -0.484 e.